The van der Waals surface area contributed by atoms with Gasteiger partial charge in [-0.25, -0.2) is 0 Å². The fourth-order valence-corrected chi connectivity index (χ4v) is 1.86. The molecular weight excluding hydrogens is 136 g/mol. The Morgan fingerprint density at radius 1 is 1.27 bits per heavy atom. The Hall–Kier alpha value is -0.0400. The van der Waals surface area contributed by atoms with Crippen molar-refractivity contribution in [3.8, 4) is 0 Å². The summed E-state index contributed by atoms with van der Waals surface area (Å²) in [6.07, 6.45) is 7.19. The lowest BCUT2D eigenvalue weighted by Crippen LogP contribution is -2.22. The maximum atomic E-state index is 5.69. The van der Waals surface area contributed by atoms with Gasteiger partial charge in [0.05, 0.1) is 6.10 Å². The highest BCUT2D eigenvalue weighted by Crippen LogP contribution is 2.22. The van der Waals surface area contributed by atoms with Crippen molar-refractivity contribution in [2.24, 2.45) is 5.92 Å². The van der Waals surface area contributed by atoms with E-state index in [1.54, 1.807) is 0 Å². The van der Waals surface area contributed by atoms with Crippen molar-refractivity contribution in [1.29, 1.82) is 0 Å². The molecule has 0 saturated carbocycles. The van der Waals surface area contributed by atoms with Crippen LogP contribution in [0, 0.1) is 5.92 Å². The molecule has 0 aromatic rings. The molecule has 1 aliphatic rings. The number of hydrogen-bond donors (Lipinski definition) is 0. The van der Waals surface area contributed by atoms with Crippen LogP contribution in [-0.2, 0) is 4.74 Å². The van der Waals surface area contributed by atoms with E-state index < -0.39 is 0 Å². The molecule has 1 heteroatoms. The summed E-state index contributed by atoms with van der Waals surface area (Å²) < 4.78 is 5.69. The van der Waals surface area contributed by atoms with Crippen molar-refractivity contribution < 1.29 is 4.74 Å². The third-order valence-corrected chi connectivity index (χ3v) is 2.79. The lowest BCUT2D eigenvalue weighted by Gasteiger charge is -2.25. The maximum absolute atomic E-state index is 5.69. The smallest absolute Gasteiger partial charge is 0.0575 e. The van der Waals surface area contributed by atoms with Crippen LogP contribution in [0.1, 0.15) is 46.0 Å². The molecule has 1 rings (SSSR count). The molecule has 1 heterocycles. The molecule has 0 spiro atoms. The SMILES string of the molecule is CCC1CCCCCOC1C. The van der Waals surface area contributed by atoms with Gasteiger partial charge in [0.2, 0.25) is 0 Å². The van der Waals surface area contributed by atoms with Crippen LogP contribution in [-0.4, -0.2) is 12.7 Å². The molecule has 1 aliphatic heterocycles. The summed E-state index contributed by atoms with van der Waals surface area (Å²) in [4.78, 5) is 0. The topological polar surface area (TPSA) is 9.23 Å². The molecule has 0 amide bonds. The monoisotopic (exact) mass is 156 g/mol. The normalized spacial score (nSPS) is 34.4. The van der Waals surface area contributed by atoms with Gasteiger partial charge in [0.25, 0.3) is 0 Å². The van der Waals surface area contributed by atoms with Gasteiger partial charge in [-0.3, -0.25) is 0 Å². The third-order valence-electron chi connectivity index (χ3n) is 2.79. The van der Waals surface area contributed by atoms with Gasteiger partial charge in [-0.2, -0.15) is 0 Å². The van der Waals surface area contributed by atoms with E-state index in [1.165, 1.54) is 32.1 Å². The van der Waals surface area contributed by atoms with Crippen LogP contribution < -0.4 is 0 Å². The quantitative estimate of drug-likeness (QED) is 0.567. The van der Waals surface area contributed by atoms with Crippen LogP contribution in [0.15, 0.2) is 0 Å². The van der Waals surface area contributed by atoms with Gasteiger partial charge in [0.1, 0.15) is 0 Å². The summed E-state index contributed by atoms with van der Waals surface area (Å²) in [6, 6.07) is 0. The van der Waals surface area contributed by atoms with Crippen molar-refractivity contribution in [1.82, 2.24) is 0 Å². The van der Waals surface area contributed by atoms with Gasteiger partial charge in [-0.1, -0.05) is 26.2 Å². The van der Waals surface area contributed by atoms with Crippen LogP contribution >= 0.6 is 0 Å². The van der Waals surface area contributed by atoms with Crippen LogP contribution in [0.4, 0.5) is 0 Å². The molecule has 2 unspecified atom stereocenters. The molecule has 11 heavy (non-hydrogen) atoms. The van der Waals surface area contributed by atoms with E-state index in [1.807, 2.05) is 0 Å². The van der Waals surface area contributed by atoms with Crippen LogP contribution in [0.2, 0.25) is 0 Å². The summed E-state index contributed by atoms with van der Waals surface area (Å²) in [5.41, 5.74) is 0. The first-order chi connectivity index (χ1) is 5.34. The van der Waals surface area contributed by atoms with Gasteiger partial charge in [0.15, 0.2) is 0 Å². The van der Waals surface area contributed by atoms with Crippen LogP contribution in [0.5, 0.6) is 0 Å². The number of rotatable bonds is 1. The van der Waals surface area contributed by atoms with Crippen LogP contribution in [0.25, 0.3) is 0 Å². The molecule has 0 bridgehead atoms. The summed E-state index contributed by atoms with van der Waals surface area (Å²) in [5, 5.41) is 0. The largest absolute Gasteiger partial charge is 0.378 e. The molecule has 66 valence electrons. The van der Waals surface area contributed by atoms with E-state index in [2.05, 4.69) is 13.8 Å². The van der Waals surface area contributed by atoms with Crippen LogP contribution in [0.3, 0.4) is 0 Å². The number of hydrogen-bond acceptors (Lipinski definition) is 1. The Kier molecular flexibility index (Phi) is 3.92. The van der Waals surface area contributed by atoms with Crippen molar-refractivity contribution >= 4 is 0 Å². The molecule has 0 aliphatic carbocycles. The zero-order valence-corrected chi connectivity index (χ0v) is 7.81. The first-order valence-electron chi connectivity index (χ1n) is 4.96. The van der Waals surface area contributed by atoms with Gasteiger partial charge in [0, 0.05) is 6.61 Å². The Morgan fingerprint density at radius 3 is 2.82 bits per heavy atom. The Balaban J connectivity index is 2.33. The van der Waals surface area contributed by atoms with Gasteiger partial charge < -0.3 is 4.74 Å². The third kappa shape index (κ3) is 2.82. The van der Waals surface area contributed by atoms with Crippen molar-refractivity contribution in [3.05, 3.63) is 0 Å². The molecule has 1 fully saturated rings. The highest BCUT2D eigenvalue weighted by Gasteiger charge is 2.16. The predicted octanol–water partition coefficient (Wildman–Crippen LogP) is 2.99. The molecule has 0 aromatic carbocycles. The zero-order chi connectivity index (χ0) is 8.10. The average Bonchev–Trinajstić information content (AvgIpc) is 1.98. The van der Waals surface area contributed by atoms with E-state index in [0.717, 1.165) is 12.5 Å². The van der Waals surface area contributed by atoms with Gasteiger partial charge >= 0.3 is 0 Å². The van der Waals surface area contributed by atoms with E-state index in [0.29, 0.717) is 6.10 Å². The second-order valence-corrected chi connectivity index (χ2v) is 3.59. The molecular formula is C10H20O. The molecule has 0 aromatic heterocycles. The molecule has 0 radical (unpaired) electrons. The molecule has 0 N–H and O–H groups in total. The molecule has 1 saturated heterocycles. The zero-order valence-electron chi connectivity index (χ0n) is 7.81. The fourth-order valence-electron chi connectivity index (χ4n) is 1.86. The van der Waals surface area contributed by atoms with E-state index in [9.17, 15) is 0 Å². The summed E-state index contributed by atoms with van der Waals surface area (Å²) >= 11 is 0. The first-order valence-corrected chi connectivity index (χ1v) is 4.96. The summed E-state index contributed by atoms with van der Waals surface area (Å²) in [7, 11) is 0. The van der Waals surface area contributed by atoms with Gasteiger partial charge in [-0.05, 0) is 25.7 Å². The van der Waals surface area contributed by atoms with Crippen molar-refractivity contribution in [3.63, 3.8) is 0 Å². The van der Waals surface area contributed by atoms with E-state index in [-0.39, 0.29) is 0 Å². The Labute approximate surface area is 70.1 Å². The highest BCUT2D eigenvalue weighted by molar-refractivity contribution is 4.67. The second kappa shape index (κ2) is 4.76. The minimum absolute atomic E-state index is 0.500. The molecule has 2 atom stereocenters. The molecule has 1 nitrogen and oxygen atoms in total. The fraction of sp³-hybridized carbons (Fsp3) is 1.00. The van der Waals surface area contributed by atoms with E-state index in [4.69, 9.17) is 4.74 Å². The predicted molar refractivity (Wildman–Crippen MR) is 47.7 cm³/mol. The maximum Gasteiger partial charge on any atom is 0.0575 e. The average molecular weight is 156 g/mol. The van der Waals surface area contributed by atoms with E-state index >= 15 is 0 Å². The summed E-state index contributed by atoms with van der Waals surface area (Å²) in [6.45, 7) is 5.48. The lowest BCUT2D eigenvalue weighted by molar-refractivity contribution is 0.00898. The lowest BCUT2D eigenvalue weighted by atomic mass is 9.93. The minimum Gasteiger partial charge on any atom is -0.378 e. The van der Waals surface area contributed by atoms with Crippen molar-refractivity contribution in [2.75, 3.05) is 6.61 Å². The Bertz CT molecular complexity index is 101. The number of ether oxygens (including phenoxy) is 1. The standard InChI is InChI=1S/C10H20O/c1-3-10-7-5-4-6-8-11-9(10)2/h9-10H,3-8H2,1-2H3. The summed E-state index contributed by atoms with van der Waals surface area (Å²) in [5.74, 6) is 0.815. The Morgan fingerprint density at radius 2 is 2.09 bits per heavy atom. The second-order valence-electron chi connectivity index (χ2n) is 3.59. The highest BCUT2D eigenvalue weighted by atomic mass is 16.5. The minimum atomic E-state index is 0.500. The van der Waals surface area contributed by atoms with Gasteiger partial charge in [-0.15, -0.1) is 0 Å². The first kappa shape index (κ1) is 9.05. The van der Waals surface area contributed by atoms with Crippen molar-refractivity contribution in [2.45, 2.75) is 52.1 Å².